The molecule has 1 fully saturated rings. The summed E-state index contributed by atoms with van der Waals surface area (Å²) in [5.74, 6) is 0.390. The van der Waals surface area contributed by atoms with Crippen LogP contribution in [0.3, 0.4) is 0 Å². The van der Waals surface area contributed by atoms with E-state index >= 15 is 0 Å². The minimum Gasteiger partial charge on any atom is -0.508 e. The third kappa shape index (κ3) is 3.18. The van der Waals surface area contributed by atoms with Crippen molar-refractivity contribution in [3.63, 3.8) is 0 Å². The molecular formula is C14H17F3O. The Hall–Kier alpha value is -1.19. The van der Waals surface area contributed by atoms with Crippen LogP contribution in [0.5, 0.6) is 5.75 Å². The highest BCUT2D eigenvalue weighted by atomic mass is 19.4. The maximum atomic E-state index is 12.6. The zero-order valence-electron chi connectivity index (χ0n) is 10.1. The molecule has 1 N–H and O–H groups in total. The fourth-order valence-electron chi connectivity index (χ4n) is 2.63. The molecule has 1 saturated carbocycles. The van der Waals surface area contributed by atoms with Gasteiger partial charge < -0.3 is 5.11 Å². The van der Waals surface area contributed by atoms with Crippen molar-refractivity contribution in [2.24, 2.45) is 5.92 Å². The van der Waals surface area contributed by atoms with Crippen LogP contribution in [0.2, 0.25) is 0 Å². The maximum Gasteiger partial charge on any atom is 0.416 e. The summed E-state index contributed by atoms with van der Waals surface area (Å²) in [6.07, 6.45) is 1.82. The Morgan fingerprint density at radius 2 is 1.78 bits per heavy atom. The quantitative estimate of drug-likeness (QED) is 0.826. The fourth-order valence-corrected chi connectivity index (χ4v) is 2.63. The second-order valence-electron chi connectivity index (χ2n) is 5.05. The summed E-state index contributed by atoms with van der Waals surface area (Å²) in [4.78, 5) is 0. The Morgan fingerprint density at radius 1 is 1.11 bits per heavy atom. The predicted molar refractivity (Wildman–Crippen MR) is 63.4 cm³/mol. The molecule has 1 aliphatic carbocycles. The molecule has 0 bridgehead atoms. The molecule has 0 radical (unpaired) electrons. The lowest BCUT2D eigenvalue weighted by Gasteiger charge is -2.22. The third-order valence-corrected chi connectivity index (χ3v) is 3.64. The molecule has 4 heteroatoms. The van der Waals surface area contributed by atoms with E-state index < -0.39 is 11.7 Å². The highest BCUT2D eigenvalue weighted by Gasteiger charge is 2.31. The van der Waals surface area contributed by atoms with Crippen molar-refractivity contribution >= 4 is 0 Å². The Morgan fingerprint density at radius 3 is 2.39 bits per heavy atom. The van der Waals surface area contributed by atoms with Crippen LogP contribution in [0.25, 0.3) is 0 Å². The van der Waals surface area contributed by atoms with Gasteiger partial charge in [-0.15, -0.1) is 0 Å². The smallest absolute Gasteiger partial charge is 0.416 e. The Bertz CT molecular complexity index is 406. The second-order valence-corrected chi connectivity index (χ2v) is 5.05. The van der Waals surface area contributed by atoms with Crippen LogP contribution in [-0.4, -0.2) is 5.11 Å². The number of aromatic hydroxyl groups is 1. The van der Waals surface area contributed by atoms with Crippen molar-refractivity contribution in [2.45, 2.75) is 44.7 Å². The van der Waals surface area contributed by atoms with E-state index in [1.165, 1.54) is 6.42 Å². The summed E-state index contributed by atoms with van der Waals surface area (Å²) in [7, 11) is 0. The number of benzene rings is 1. The number of phenols is 1. The number of phenolic OH excluding ortho intramolecular Hbond substituents is 1. The summed E-state index contributed by atoms with van der Waals surface area (Å²) in [5, 5.41) is 9.66. The van der Waals surface area contributed by atoms with Gasteiger partial charge in [-0.05, 0) is 36.1 Å². The monoisotopic (exact) mass is 258 g/mol. The highest BCUT2D eigenvalue weighted by molar-refractivity contribution is 5.37. The molecule has 0 unspecified atom stereocenters. The van der Waals surface area contributed by atoms with Gasteiger partial charge in [0.15, 0.2) is 0 Å². The van der Waals surface area contributed by atoms with Crippen molar-refractivity contribution < 1.29 is 18.3 Å². The molecule has 1 aliphatic rings. The maximum absolute atomic E-state index is 12.6. The first-order valence-corrected chi connectivity index (χ1v) is 6.36. The first kappa shape index (κ1) is 13.2. The van der Waals surface area contributed by atoms with Gasteiger partial charge in [0.05, 0.1) is 5.56 Å². The van der Waals surface area contributed by atoms with Gasteiger partial charge in [-0.1, -0.05) is 32.1 Å². The highest BCUT2D eigenvalue weighted by Crippen LogP contribution is 2.35. The van der Waals surface area contributed by atoms with E-state index in [2.05, 4.69) is 0 Å². The Labute approximate surface area is 105 Å². The summed E-state index contributed by atoms with van der Waals surface area (Å²) in [6.45, 7) is 0. The van der Waals surface area contributed by atoms with Gasteiger partial charge in [-0.25, -0.2) is 0 Å². The largest absolute Gasteiger partial charge is 0.508 e. The van der Waals surface area contributed by atoms with E-state index in [9.17, 15) is 18.3 Å². The first-order valence-electron chi connectivity index (χ1n) is 6.36. The molecule has 1 nitrogen and oxygen atoms in total. The van der Waals surface area contributed by atoms with Crippen molar-refractivity contribution in [1.82, 2.24) is 0 Å². The molecule has 1 aromatic carbocycles. The predicted octanol–water partition coefficient (Wildman–Crippen LogP) is 4.53. The molecule has 0 atom stereocenters. The summed E-state index contributed by atoms with van der Waals surface area (Å²) < 4.78 is 37.8. The van der Waals surface area contributed by atoms with Crippen LogP contribution in [0, 0.1) is 5.92 Å². The van der Waals surface area contributed by atoms with Gasteiger partial charge in [0.2, 0.25) is 0 Å². The Kier molecular flexibility index (Phi) is 3.83. The van der Waals surface area contributed by atoms with Crippen LogP contribution in [-0.2, 0) is 12.6 Å². The van der Waals surface area contributed by atoms with Gasteiger partial charge in [-0.3, -0.25) is 0 Å². The van der Waals surface area contributed by atoms with Crippen LogP contribution < -0.4 is 0 Å². The number of alkyl halides is 3. The van der Waals surface area contributed by atoms with E-state index in [1.807, 2.05) is 0 Å². The topological polar surface area (TPSA) is 20.2 Å². The number of rotatable bonds is 2. The average molecular weight is 258 g/mol. The summed E-state index contributed by atoms with van der Waals surface area (Å²) >= 11 is 0. The molecule has 0 aromatic heterocycles. The molecule has 0 heterocycles. The molecule has 0 saturated heterocycles. The third-order valence-electron chi connectivity index (χ3n) is 3.64. The molecule has 0 spiro atoms. The van der Waals surface area contributed by atoms with Gasteiger partial charge in [-0.2, -0.15) is 13.2 Å². The molecule has 0 amide bonds. The molecule has 2 rings (SSSR count). The lowest BCUT2D eigenvalue weighted by atomic mass is 9.84. The van der Waals surface area contributed by atoms with Crippen LogP contribution in [0.4, 0.5) is 13.2 Å². The number of halogens is 3. The molecular weight excluding hydrogens is 241 g/mol. The minimum absolute atomic E-state index is 0.0198. The molecule has 0 aliphatic heterocycles. The van der Waals surface area contributed by atoms with Gasteiger partial charge >= 0.3 is 6.18 Å². The first-order chi connectivity index (χ1) is 8.47. The molecule has 1 aromatic rings. The summed E-state index contributed by atoms with van der Waals surface area (Å²) in [5.41, 5.74) is -0.247. The number of hydrogen-bond donors (Lipinski definition) is 1. The fraction of sp³-hybridized carbons (Fsp3) is 0.571. The van der Waals surface area contributed by atoms with E-state index in [-0.39, 0.29) is 5.75 Å². The lowest BCUT2D eigenvalue weighted by Crippen LogP contribution is -2.11. The van der Waals surface area contributed by atoms with E-state index in [0.717, 1.165) is 43.9 Å². The SMILES string of the molecule is Oc1ccc(C(F)(F)F)cc1CC1CCCCC1. The van der Waals surface area contributed by atoms with Crippen molar-refractivity contribution in [3.8, 4) is 5.75 Å². The van der Waals surface area contributed by atoms with Crippen molar-refractivity contribution in [3.05, 3.63) is 29.3 Å². The van der Waals surface area contributed by atoms with Gasteiger partial charge in [0.1, 0.15) is 5.75 Å². The zero-order chi connectivity index (χ0) is 13.2. The average Bonchev–Trinajstić information content (AvgIpc) is 2.32. The Balaban J connectivity index is 2.15. The number of hydrogen-bond acceptors (Lipinski definition) is 1. The minimum atomic E-state index is -4.34. The molecule has 18 heavy (non-hydrogen) atoms. The van der Waals surface area contributed by atoms with E-state index in [0.29, 0.717) is 17.9 Å². The van der Waals surface area contributed by atoms with Crippen molar-refractivity contribution in [1.29, 1.82) is 0 Å². The van der Waals surface area contributed by atoms with Crippen LogP contribution in [0.15, 0.2) is 18.2 Å². The van der Waals surface area contributed by atoms with Crippen LogP contribution in [0.1, 0.15) is 43.2 Å². The van der Waals surface area contributed by atoms with E-state index in [4.69, 9.17) is 0 Å². The second kappa shape index (κ2) is 5.21. The van der Waals surface area contributed by atoms with Gasteiger partial charge in [0.25, 0.3) is 0 Å². The van der Waals surface area contributed by atoms with Gasteiger partial charge in [0, 0.05) is 0 Å². The normalized spacial score (nSPS) is 17.9. The summed E-state index contributed by atoms with van der Waals surface area (Å²) in [6, 6.07) is 3.17. The molecule has 100 valence electrons. The van der Waals surface area contributed by atoms with E-state index in [1.54, 1.807) is 0 Å². The van der Waals surface area contributed by atoms with Crippen LogP contribution >= 0.6 is 0 Å². The standard InChI is InChI=1S/C14H17F3O/c15-14(16,17)12-6-7-13(18)11(9-12)8-10-4-2-1-3-5-10/h6-7,9-10,18H,1-5,8H2. The zero-order valence-corrected chi connectivity index (χ0v) is 10.1. The van der Waals surface area contributed by atoms with Crippen molar-refractivity contribution in [2.75, 3.05) is 0 Å². The lowest BCUT2D eigenvalue weighted by molar-refractivity contribution is -0.137.